The fourth-order valence-corrected chi connectivity index (χ4v) is 1.31. The molecule has 2 N–H and O–H groups in total. The number of hydrogen-bond donors (Lipinski definition) is 2. The van der Waals surface area contributed by atoms with Crippen LogP contribution in [0.5, 0.6) is 0 Å². The predicted octanol–water partition coefficient (Wildman–Crippen LogP) is 0.498. The topological polar surface area (TPSA) is 29.0 Å². The molecule has 0 spiro atoms. The maximum Gasteiger partial charge on any atom is 0.111 e. The average Bonchev–Trinajstić information content (AvgIpc) is 2.34. The number of hydrogen-bond acceptors (Lipinski definition) is 2. The third kappa shape index (κ3) is 0.708. The molecule has 1 aromatic heterocycles. The van der Waals surface area contributed by atoms with E-state index in [4.69, 9.17) is 0 Å². The molecule has 1 aliphatic heterocycles. The fraction of sp³-hybridized carbons (Fsp3) is 0.429. The minimum atomic E-state index is 0.880. The molecule has 0 fully saturated rings. The molecule has 54 valence electrons. The van der Waals surface area contributed by atoms with Crippen LogP contribution >= 0.6 is 0 Å². The number of rotatable bonds is 0. The van der Waals surface area contributed by atoms with Gasteiger partial charge in [0.2, 0.25) is 0 Å². The maximum absolute atomic E-state index is 3.26. The summed E-state index contributed by atoms with van der Waals surface area (Å²) in [6.45, 7) is 1.87. The van der Waals surface area contributed by atoms with Gasteiger partial charge in [-0.15, -0.1) is 0 Å². The van der Waals surface area contributed by atoms with Crippen LogP contribution in [0.25, 0.3) is 0 Å². The summed E-state index contributed by atoms with van der Waals surface area (Å²) in [4.78, 5) is 0. The summed E-state index contributed by atoms with van der Waals surface area (Å²) in [6, 6.07) is 2.13. The summed E-state index contributed by atoms with van der Waals surface area (Å²) >= 11 is 0. The first-order valence-electron chi connectivity index (χ1n) is 3.47. The quantitative estimate of drug-likeness (QED) is 0.545. The third-order valence-electron chi connectivity index (χ3n) is 1.85. The van der Waals surface area contributed by atoms with E-state index in [1.54, 1.807) is 0 Å². The van der Waals surface area contributed by atoms with Crippen LogP contribution in [0.1, 0.15) is 5.56 Å². The van der Waals surface area contributed by atoms with Gasteiger partial charge in [-0.2, -0.15) is 0 Å². The summed E-state index contributed by atoms with van der Waals surface area (Å²) in [5.41, 5.74) is 1.36. The van der Waals surface area contributed by atoms with Gasteiger partial charge in [-0.1, -0.05) is 0 Å². The number of nitrogens with one attached hydrogen (secondary N) is 2. The van der Waals surface area contributed by atoms with E-state index >= 15 is 0 Å². The average molecular weight is 137 g/mol. The number of aryl methyl sites for hydroxylation is 1. The Morgan fingerprint density at radius 2 is 2.50 bits per heavy atom. The molecule has 1 aliphatic rings. The molecular weight excluding hydrogens is 126 g/mol. The molecule has 10 heavy (non-hydrogen) atoms. The fourth-order valence-electron chi connectivity index (χ4n) is 1.31. The summed E-state index contributed by atoms with van der Waals surface area (Å²) in [5, 5.41) is 6.49. The molecule has 0 aromatic carbocycles. The SMILES string of the molecule is Cn1ccc2c1NCNC2. The van der Waals surface area contributed by atoms with Gasteiger partial charge in [0, 0.05) is 25.4 Å². The molecule has 0 saturated carbocycles. The second kappa shape index (κ2) is 2.02. The first kappa shape index (κ1) is 5.80. The highest BCUT2D eigenvalue weighted by molar-refractivity contribution is 5.47. The van der Waals surface area contributed by atoms with Gasteiger partial charge in [-0.05, 0) is 6.07 Å². The van der Waals surface area contributed by atoms with Crippen molar-refractivity contribution >= 4 is 5.82 Å². The molecular formula is C7H11N3. The van der Waals surface area contributed by atoms with Gasteiger partial charge in [0.05, 0.1) is 6.67 Å². The summed E-state index contributed by atoms with van der Waals surface area (Å²) in [7, 11) is 2.05. The van der Waals surface area contributed by atoms with Crippen molar-refractivity contribution in [3.8, 4) is 0 Å². The molecule has 0 radical (unpaired) electrons. The second-order valence-electron chi connectivity index (χ2n) is 2.58. The highest BCUT2D eigenvalue weighted by atomic mass is 15.2. The van der Waals surface area contributed by atoms with Crippen LogP contribution in [-0.4, -0.2) is 11.2 Å². The smallest absolute Gasteiger partial charge is 0.111 e. The van der Waals surface area contributed by atoms with Crippen LogP contribution in [0.15, 0.2) is 12.3 Å². The molecule has 2 heterocycles. The van der Waals surface area contributed by atoms with Gasteiger partial charge in [0.1, 0.15) is 5.82 Å². The maximum atomic E-state index is 3.26. The van der Waals surface area contributed by atoms with Gasteiger partial charge in [0.25, 0.3) is 0 Å². The Kier molecular flexibility index (Phi) is 1.17. The monoisotopic (exact) mass is 137 g/mol. The molecule has 3 heteroatoms. The number of nitrogens with zero attached hydrogens (tertiary/aromatic N) is 1. The van der Waals surface area contributed by atoms with E-state index < -0.39 is 0 Å². The molecule has 0 amide bonds. The van der Waals surface area contributed by atoms with Crippen molar-refractivity contribution in [2.75, 3.05) is 12.0 Å². The molecule has 2 rings (SSSR count). The van der Waals surface area contributed by atoms with Gasteiger partial charge >= 0.3 is 0 Å². The number of fused-ring (bicyclic) bond motifs is 1. The van der Waals surface area contributed by atoms with Crippen molar-refractivity contribution in [3.05, 3.63) is 17.8 Å². The minimum Gasteiger partial charge on any atom is -0.359 e. The van der Waals surface area contributed by atoms with Crippen molar-refractivity contribution in [3.63, 3.8) is 0 Å². The van der Waals surface area contributed by atoms with Gasteiger partial charge in [0.15, 0.2) is 0 Å². The Balaban J connectivity index is 2.45. The van der Waals surface area contributed by atoms with Crippen molar-refractivity contribution in [2.45, 2.75) is 6.54 Å². The van der Waals surface area contributed by atoms with E-state index in [-0.39, 0.29) is 0 Å². The third-order valence-corrected chi connectivity index (χ3v) is 1.85. The van der Waals surface area contributed by atoms with Crippen LogP contribution in [-0.2, 0) is 13.6 Å². The van der Waals surface area contributed by atoms with E-state index in [0.717, 1.165) is 13.2 Å². The van der Waals surface area contributed by atoms with Gasteiger partial charge < -0.3 is 9.88 Å². The van der Waals surface area contributed by atoms with Crippen LogP contribution in [0.3, 0.4) is 0 Å². The van der Waals surface area contributed by atoms with E-state index in [1.165, 1.54) is 11.4 Å². The first-order chi connectivity index (χ1) is 4.88. The summed E-state index contributed by atoms with van der Waals surface area (Å²) in [5.74, 6) is 1.25. The molecule has 0 aliphatic carbocycles. The Morgan fingerprint density at radius 3 is 3.30 bits per heavy atom. The van der Waals surface area contributed by atoms with Crippen LogP contribution in [0.2, 0.25) is 0 Å². The van der Waals surface area contributed by atoms with Crippen LogP contribution < -0.4 is 10.6 Å². The number of anilines is 1. The zero-order valence-corrected chi connectivity index (χ0v) is 6.02. The zero-order chi connectivity index (χ0) is 6.97. The lowest BCUT2D eigenvalue weighted by Gasteiger charge is -2.16. The zero-order valence-electron chi connectivity index (χ0n) is 6.02. The Morgan fingerprint density at radius 1 is 1.60 bits per heavy atom. The molecule has 0 bridgehead atoms. The minimum absolute atomic E-state index is 0.880. The highest BCUT2D eigenvalue weighted by Crippen LogP contribution is 2.17. The lowest BCUT2D eigenvalue weighted by molar-refractivity contribution is 0.697. The Hall–Kier alpha value is -0.960. The van der Waals surface area contributed by atoms with E-state index in [9.17, 15) is 0 Å². The summed E-state index contributed by atoms with van der Waals surface area (Å²) < 4.78 is 2.11. The van der Waals surface area contributed by atoms with E-state index in [1.807, 2.05) is 0 Å². The lowest BCUT2D eigenvalue weighted by Crippen LogP contribution is -2.27. The van der Waals surface area contributed by atoms with E-state index in [0.29, 0.717) is 0 Å². The molecule has 1 aromatic rings. The van der Waals surface area contributed by atoms with Crippen molar-refractivity contribution in [1.29, 1.82) is 0 Å². The van der Waals surface area contributed by atoms with Crippen molar-refractivity contribution in [2.24, 2.45) is 7.05 Å². The van der Waals surface area contributed by atoms with Crippen LogP contribution in [0, 0.1) is 0 Å². The Labute approximate surface area is 60.0 Å². The predicted molar refractivity (Wildman–Crippen MR) is 40.7 cm³/mol. The molecule has 0 unspecified atom stereocenters. The molecule has 0 atom stereocenters. The largest absolute Gasteiger partial charge is 0.359 e. The standard InChI is InChI=1S/C7H11N3/c1-10-3-2-6-4-8-5-9-7(6)10/h2-3,8-9H,4-5H2,1H3. The molecule has 3 nitrogen and oxygen atoms in total. The number of aromatic nitrogens is 1. The van der Waals surface area contributed by atoms with Crippen molar-refractivity contribution < 1.29 is 0 Å². The lowest BCUT2D eigenvalue weighted by atomic mass is 10.3. The van der Waals surface area contributed by atoms with Gasteiger partial charge in [-0.25, -0.2) is 0 Å². The molecule has 0 saturated heterocycles. The second-order valence-corrected chi connectivity index (χ2v) is 2.58. The van der Waals surface area contributed by atoms with Crippen LogP contribution in [0.4, 0.5) is 5.82 Å². The van der Waals surface area contributed by atoms with Gasteiger partial charge in [-0.3, -0.25) is 5.32 Å². The summed E-state index contributed by atoms with van der Waals surface area (Å²) in [6.07, 6.45) is 2.07. The first-order valence-corrected chi connectivity index (χ1v) is 3.47. The van der Waals surface area contributed by atoms with Crippen molar-refractivity contribution in [1.82, 2.24) is 9.88 Å². The normalized spacial score (nSPS) is 16.1. The van der Waals surface area contributed by atoms with E-state index in [2.05, 4.69) is 34.5 Å². The Bertz CT molecular complexity index is 239. The highest BCUT2D eigenvalue weighted by Gasteiger charge is 2.09.